The molecule has 0 saturated heterocycles. The van der Waals surface area contributed by atoms with Crippen LogP contribution in [0.15, 0.2) is 73.4 Å². The number of nitrogens with zero attached hydrogens (tertiary/aromatic N) is 4. The largest absolute Gasteiger partial charge is 0.356 e. The Balaban J connectivity index is 1.56. The quantitative estimate of drug-likeness (QED) is 0.531. The number of hydrogen-bond acceptors (Lipinski definition) is 4. The highest BCUT2D eigenvalue weighted by atomic mass is 15.3. The molecule has 26 heavy (non-hydrogen) atoms. The SMILES string of the molecule is c1ccc(Nc2ccc(-c3ccn[nH]3)c(CCCn3cncn3)c2)cc1. The Hall–Kier alpha value is -3.41. The topological polar surface area (TPSA) is 71.4 Å². The third-order valence-electron chi connectivity index (χ3n) is 4.26. The molecule has 0 unspecified atom stereocenters. The van der Waals surface area contributed by atoms with Gasteiger partial charge in [0.25, 0.3) is 0 Å². The summed E-state index contributed by atoms with van der Waals surface area (Å²) in [5.41, 5.74) is 5.65. The summed E-state index contributed by atoms with van der Waals surface area (Å²) >= 11 is 0. The number of rotatable bonds is 7. The molecule has 0 radical (unpaired) electrons. The minimum atomic E-state index is 0.846. The number of aryl methyl sites for hydroxylation is 2. The van der Waals surface area contributed by atoms with E-state index >= 15 is 0 Å². The first-order valence-corrected chi connectivity index (χ1v) is 8.66. The lowest BCUT2D eigenvalue weighted by atomic mass is 9.99. The summed E-state index contributed by atoms with van der Waals surface area (Å²) in [7, 11) is 0. The first kappa shape index (κ1) is 16.1. The molecule has 0 amide bonds. The number of H-pyrrole nitrogens is 1. The van der Waals surface area contributed by atoms with E-state index in [1.54, 1.807) is 18.9 Å². The van der Waals surface area contributed by atoms with E-state index in [0.29, 0.717) is 0 Å². The van der Waals surface area contributed by atoms with Gasteiger partial charge in [0.15, 0.2) is 0 Å². The van der Waals surface area contributed by atoms with Gasteiger partial charge in [0, 0.05) is 29.7 Å². The number of para-hydroxylation sites is 1. The van der Waals surface area contributed by atoms with Crippen molar-refractivity contribution in [2.75, 3.05) is 5.32 Å². The second kappa shape index (κ2) is 7.65. The molecule has 0 bridgehead atoms. The minimum Gasteiger partial charge on any atom is -0.356 e. The number of hydrogen-bond donors (Lipinski definition) is 2. The predicted molar refractivity (Wildman–Crippen MR) is 102 cm³/mol. The molecule has 0 saturated carbocycles. The van der Waals surface area contributed by atoms with Crippen molar-refractivity contribution >= 4 is 11.4 Å². The molecule has 2 heterocycles. The molecule has 6 nitrogen and oxygen atoms in total. The number of aromatic amines is 1. The van der Waals surface area contributed by atoms with Crippen LogP contribution in [0, 0.1) is 0 Å². The maximum atomic E-state index is 4.17. The van der Waals surface area contributed by atoms with Crippen molar-refractivity contribution in [2.24, 2.45) is 0 Å². The predicted octanol–water partition coefficient (Wildman–Crippen LogP) is 4.04. The van der Waals surface area contributed by atoms with Crippen LogP contribution in [0.25, 0.3) is 11.3 Å². The normalized spacial score (nSPS) is 10.8. The molecule has 2 N–H and O–H groups in total. The van der Waals surface area contributed by atoms with Crippen LogP contribution in [0.4, 0.5) is 11.4 Å². The molecule has 2 aromatic heterocycles. The van der Waals surface area contributed by atoms with Gasteiger partial charge in [-0.2, -0.15) is 10.2 Å². The van der Waals surface area contributed by atoms with Crippen LogP contribution in [-0.4, -0.2) is 25.0 Å². The lowest BCUT2D eigenvalue weighted by Gasteiger charge is -2.13. The van der Waals surface area contributed by atoms with E-state index in [2.05, 4.69) is 55.9 Å². The zero-order valence-electron chi connectivity index (χ0n) is 14.3. The van der Waals surface area contributed by atoms with Gasteiger partial charge in [0.2, 0.25) is 0 Å². The van der Waals surface area contributed by atoms with Crippen LogP contribution in [-0.2, 0) is 13.0 Å². The van der Waals surface area contributed by atoms with E-state index in [1.165, 1.54) is 11.1 Å². The van der Waals surface area contributed by atoms with Gasteiger partial charge >= 0.3 is 0 Å². The summed E-state index contributed by atoms with van der Waals surface area (Å²) in [5, 5.41) is 14.8. The standard InChI is InChI=1S/C20H20N6/c1-2-6-17(7-3-1)24-18-8-9-19(20-10-11-22-25-20)16(13-18)5-4-12-26-15-21-14-23-26/h1-3,6-11,13-15,24H,4-5,12H2,(H,22,25). The molecule has 6 heteroatoms. The van der Waals surface area contributed by atoms with Crippen molar-refractivity contribution in [2.45, 2.75) is 19.4 Å². The average Bonchev–Trinajstić information content (AvgIpc) is 3.37. The molecule has 0 spiro atoms. The van der Waals surface area contributed by atoms with Gasteiger partial charge in [-0.15, -0.1) is 0 Å². The molecule has 0 aliphatic rings. The summed E-state index contributed by atoms with van der Waals surface area (Å²) in [6, 6.07) is 18.7. The molecule has 0 atom stereocenters. The number of benzene rings is 2. The van der Waals surface area contributed by atoms with E-state index in [0.717, 1.165) is 36.5 Å². The van der Waals surface area contributed by atoms with Crippen molar-refractivity contribution < 1.29 is 0 Å². The Morgan fingerprint density at radius 2 is 1.92 bits per heavy atom. The van der Waals surface area contributed by atoms with Gasteiger partial charge < -0.3 is 5.32 Å². The smallest absolute Gasteiger partial charge is 0.137 e. The van der Waals surface area contributed by atoms with Crippen LogP contribution in [0.1, 0.15) is 12.0 Å². The lowest BCUT2D eigenvalue weighted by Crippen LogP contribution is -2.01. The molecule has 0 aliphatic carbocycles. The van der Waals surface area contributed by atoms with Crippen molar-refractivity contribution in [3.05, 3.63) is 79.0 Å². The highest BCUT2D eigenvalue weighted by molar-refractivity contribution is 5.69. The molecule has 0 aliphatic heterocycles. The molecular formula is C20H20N6. The first-order chi connectivity index (χ1) is 12.9. The fraction of sp³-hybridized carbons (Fsp3) is 0.150. The van der Waals surface area contributed by atoms with E-state index in [1.807, 2.05) is 28.9 Å². The van der Waals surface area contributed by atoms with Gasteiger partial charge in [0.1, 0.15) is 12.7 Å². The van der Waals surface area contributed by atoms with Crippen molar-refractivity contribution in [1.82, 2.24) is 25.0 Å². The Kier molecular flexibility index (Phi) is 4.73. The van der Waals surface area contributed by atoms with E-state index in [9.17, 15) is 0 Å². The minimum absolute atomic E-state index is 0.846. The lowest BCUT2D eigenvalue weighted by molar-refractivity contribution is 0.577. The molecule has 4 rings (SSSR count). The number of anilines is 2. The second-order valence-electron chi connectivity index (χ2n) is 6.10. The van der Waals surface area contributed by atoms with Crippen molar-refractivity contribution in [3.8, 4) is 11.3 Å². The summed E-state index contributed by atoms with van der Waals surface area (Å²) in [6.07, 6.45) is 7.03. The van der Waals surface area contributed by atoms with Gasteiger partial charge in [-0.25, -0.2) is 4.98 Å². The Morgan fingerprint density at radius 1 is 1.00 bits per heavy atom. The van der Waals surface area contributed by atoms with Crippen LogP contribution in [0.3, 0.4) is 0 Å². The fourth-order valence-corrected chi connectivity index (χ4v) is 3.01. The van der Waals surface area contributed by atoms with Gasteiger partial charge in [0.05, 0.1) is 5.69 Å². The van der Waals surface area contributed by atoms with Crippen LogP contribution >= 0.6 is 0 Å². The summed E-state index contributed by atoms with van der Waals surface area (Å²) < 4.78 is 1.86. The van der Waals surface area contributed by atoms with E-state index in [-0.39, 0.29) is 0 Å². The Labute approximate surface area is 151 Å². The van der Waals surface area contributed by atoms with Crippen LogP contribution in [0.2, 0.25) is 0 Å². The third-order valence-corrected chi connectivity index (χ3v) is 4.26. The maximum Gasteiger partial charge on any atom is 0.137 e. The third kappa shape index (κ3) is 3.80. The second-order valence-corrected chi connectivity index (χ2v) is 6.10. The van der Waals surface area contributed by atoms with Crippen LogP contribution in [0.5, 0.6) is 0 Å². The van der Waals surface area contributed by atoms with E-state index < -0.39 is 0 Å². The molecule has 0 fully saturated rings. The van der Waals surface area contributed by atoms with Gasteiger partial charge in [-0.1, -0.05) is 24.3 Å². The molecule has 2 aromatic carbocycles. The highest BCUT2D eigenvalue weighted by Crippen LogP contribution is 2.27. The zero-order valence-corrected chi connectivity index (χ0v) is 14.3. The zero-order chi connectivity index (χ0) is 17.6. The fourth-order valence-electron chi connectivity index (χ4n) is 3.01. The Bertz CT molecular complexity index is 930. The van der Waals surface area contributed by atoms with Crippen LogP contribution < -0.4 is 5.32 Å². The van der Waals surface area contributed by atoms with Gasteiger partial charge in [-0.3, -0.25) is 9.78 Å². The summed E-state index contributed by atoms with van der Waals surface area (Å²) in [6.45, 7) is 0.846. The van der Waals surface area contributed by atoms with E-state index in [4.69, 9.17) is 0 Å². The summed E-state index contributed by atoms with van der Waals surface area (Å²) in [4.78, 5) is 4.00. The molecular weight excluding hydrogens is 324 g/mol. The van der Waals surface area contributed by atoms with Crippen molar-refractivity contribution in [3.63, 3.8) is 0 Å². The number of nitrogens with one attached hydrogen (secondary N) is 2. The molecule has 4 aromatic rings. The monoisotopic (exact) mass is 344 g/mol. The molecule has 130 valence electrons. The average molecular weight is 344 g/mol. The van der Waals surface area contributed by atoms with Crippen molar-refractivity contribution in [1.29, 1.82) is 0 Å². The van der Waals surface area contributed by atoms with Gasteiger partial charge in [-0.05, 0) is 48.7 Å². The highest BCUT2D eigenvalue weighted by Gasteiger charge is 2.08. The summed E-state index contributed by atoms with van der Waals surface area (Å²) in [5.74, 6) is 0. The number of aromatic nitrogens is 5. The first-order valence-electron chi connectivity index (χ1n) is 8.66. The Morgan fingerprint density at radius 3 is 2.69 bits per heavy atom. The maximum absolute atomic E-state index is 4.17.